The zero-order valence-electron chi connectivity index (χ0n) is 16.9. The maximum atomic E-state index is 12.2. The predicted molar refractivity (Wildman–Crippen MR) is 118 cm³/mol. The van der Waals surface area contributed by atoms with Gasteiger partial charge < -0.3 is 9.47 Å². The first kappa shape index (κ1) is 23.0. The number of benzene rings is 2. The Labute approximate surface area is 176 Å². The highest BCUT2D eigenvalue weighted by Gasteiger charge is 2.20. The van der Waals surface area contributed by atoms with E-state index in [0.717, 1.165) is 16.1 Å². The van der Waals surface area contributed by atoms with Crippen LogP contribution in [0.15, 0.2) is 66.3 Å². The Balaban J connectivity index is 1.99. The fourth-order valence-corrected chi connectivity index (χ4v) is 3.28. The molecule has 0 fully saturated rings. The normalized spacial score (nSPS) is 11.1. The molecule has 0 saturated carbocycles. The molecule has 0 aliphatic carbocycles. The van der Waals surface area contributed by atoms with Gasteiger partial charge in [-0.15, -0.1) is 0 Å². The molecule has 160 valence electrons. The van der Waals surface area contributed by atoms with Gasteiger partial charge in [-0.2, -0.15) is 5.10 Å². The maximum Gasteiger partial charge on any atom is 0.260 e. The van der Waals surface area contributed by atoms with Gasteiger partial charge >= 0.3 is 0 Å². The average Bonchev–Trinajstić information content (AvgIpc) is 2.71. The quantitative estimate of drug-likeness (QED) is 0.335. The van der Waals surface area contributed by atoms with Gasteiger partial charge in [0.15, 0.2) is 0 Å². The summed E-state index contributed by atoms with van der Waals surface area (Å²) in [5, 5.41) is 3.88. The SMILES string of the molecule is C=CCOc1ccc(/C=N\NC(=O)CN(c2ccc(OCC)cc2)S(C)(=O)=O)cc1. The minimum Gasteiger partial charge on any atom is -0.494 e. The minimum absolute atomic E-state index is 0.357. The van der Waals surface area contributed by atoms with E-state index >= 15 is 0 Å². The third-order valence-electron chi connectivity index (χ3n) is 3.77. The Bertz CT molecular complexity index is 971. The summed E-state index contributed by atoms with van der Waals surface area (Å²) in [4.78, 5) is 12.2. The van der Waals surface area contributed by atoms with E-state index < -0.39 is 22.5 Å². The van der Waals surface area contributed by atoms with Crippen LogP contribution in [0.2, 0.25) is 0 Å². The highest BCUT2D eigenvalue weighted by atomic mass is 32.2. The average molecular weight is 432 g/mol. The van der Waals surface area contributed by atoms with Crippen molar-refractivity contribution in [3.63, 3.8) is 0 Å². The van der Waals surface area contributed by atoms with Gasteiger partial charge in [0.1, 0.15) is 24.7 Å². The number of nitrogens with zero attached hydrogens (tertiary/aromatic N) is 2. The lowest BCUT2D eigenvalue weighted by Gasteiger charge is -2.21. The smallest absolute Gasteiger partial charge is 0.260 e. The van der Waals surface area contributed by atoms with Crippen LogP contribution < -0.4 is 19.2 Å². The number of amides is 1. The molecule has 9 heteroatoms. The van der Waals surface area contributed by atoms with Crippen molar-refractivity contribution >= 4 is 27.8 Å². The second-order valence-corrected chi connectivity index (χ2v) is 8.07. The second-order valence-electron chi connectivity index (χ2n) is 6.16. The summed E-state index contributed by atoms with van der Waals surface area (Å²) >= 11 is 0. The number of anilines is 1. The van der Waals surface area contributed by atoms with Gasteiger partial charge in [-0.3, -0.25) is 9.10 Å². The van der Waals surface area contributed by atoms with E-state index in [-0.39, 0.29) is 0 Å². The predicted octanol–water partition coefficient (Wildman–Crippen LogP) is 2.57. The van der Waals surface area contributed by atoms with Crippen molar-refractivity contribution in [2.24, 2.45) is 5.10 Å². The van der Waals surface area contributed by atoms with Gasteiger partial charge in [-0.05, 0) is 61.0 Å². The molecule has 0 aromatic heterocycles. The van der Waals surface area contributed by atoms with Crippen LogP contribution >= 0.6 is 0 Å². The molecule has 0 radical (unpaired) electrons. The van der Waals surface area contributed by atoms with Crippen molar-refractivity contribution in [3.8, 4) is 11.5 Å². The summed E-state index contributed by atoms with van der Waals surface area (Å²) in [6, 6.07) is 13.5. The molecule has 0 saturated heterocycles. The summed E-state index contributed by atoms with van der Waals surface area (Å²) in [7, 11) is -3.67. The Kier molecular flexibility index (Phi) is 8.42. The number of hydrazone groups is 1. The molecule has 8 nitrogen and oxygen atoms in total. The molecule has 0 bridgehead atoms. The first-order chi connectivity index (χ1) is 14.3. The van der Waals surface area contributed by atoms with Crippen molar-refractivity contribution in [2.75, 3.05) is 30.3 Å². The number of sulfonamides is 1. The molecule has 0 aliphatic rings. The molecular formula is C21H25N3O5S. The van der Waals surface area contributed by atoms with Crippen LogP contribution in [0.3, 0.4) is 0 Å². The highest BCUT2D eigenvalue weighted by Crippen LogP contribution is 2.21. The summed E-state index contributed by atoms with van der Waals surface area (Å²) in [6.45, 7) is 5.94. The van der Waals surface area contributed by atoms with E-state index in [2.05, 4.69) is 17.1 Å². The van der Waals surface area contributed by atoms with Gasteiger partial charge in [0, 0.05) is 0 Å². The molecule has 0 heterocycles. The van der Waals surface area contributed by atoms with Gasteiger partial charge in [-0.25, -0.2) is 13.8 Å². The molecule has 2 aromatic carbocycles. The van der Waals surface area contributed by atoms with Gasteiger partial charge in [-0.1, -0.05) is 12.7 Å². The number of rotatable bonds is 11. The molecule has 2 aromatic rings. The van der Waals surface area contributed by atoms with Gasteiger partial charge in [0.05, 0.1) is 24.8 Å². The van der Waals surface area contributed by atoms with Crippen molar-refractivity contribution in [1.29, 1.82) is 0 Å². The molecular weight excluding hydrogens is 406 g/mol. The van der Waals surface area contributed by atoms with E-state index in [1.54, 1.807) is 54.6 Å². The summed E-state index contributed by atoms with van der Waals surface area (Å²) in [5.41, 5.74) is 3.44. The number of hydrogen-bond donors (Lipinski definition) is 1. The monoisotopic (exact) mass is 431 g/mol. The summed E-state index contributed by atoms with van der Waals surface area (Å²) in [6.07, 6.45) is 4.14. The molecule has 0 spiro atoms. The number of carbonyl (C=O) groups excluding carboxylic acids is 1. The van der Waals surface area contributed by atoms with Crippen molar-refractivity contribution in [1.82, 2.24) is 5.43 Å². The van der Waals surface area contributed by atoms with Crippen LogP contribution in [0, 0.1) is 0 Å². The summed E-state index contributed by atoms with van der Waals surface area (Å²) < 4.78 is 36.0. The van der Waals surface area contributed by atoms with E-state index in [0.29, 0.717) is 30.4 Å². The summed E-state index contributed by atoms with van der Waals surface area (Å²) in [5.74, 6) is 0.733. The lowest BCUT2D eigenvalue weighted by molar-refractivity contribution is -0.119. The van der Waals surface area contributed by atoms with Gasteiger partial charge in [0.2, 0.25) is 10.0 Å². The van der Waals surface area contributed by atoms with Crippen LogP contribution in [0.4, 0.5) is 5.69 Å². The molecule has 0 aliphatic heterocycles. The molecule has 30 heavy (non-hydrogen) atoms. The van der Waals surface area contributed by atoms with Crippen LogP contribution in [0.5, 0.6) is 11.5 Å². The fraction of sp³-hybridized carbons (Fsp3) is 0.238. The van der Waals surface area contributed by atoms with Crippen LogP contribution in [0.25, 0.3) is 0 Å². The first-order valence-electron chi connectivity index (χ1n) is 9.19. The Hall–Kier alpha value is -3.33. The Morgan fingerprint density at radius 3 is 2.27 bits per heavy atom. The van der Waals surface area contributed by atoms with Crippen LogP contribution in [0.1, 0.15) is 12.5 Å². The van der Waals surface area contributed by atoms with Crippen LogP contribution in [-0.2, 0) is 14.8 Å². The standard InChI is InChI=1S/C21H25N3O5S/c1-4-14-29-20-10-6-17(7-11-20)15-22-23-21(25)16-24(30(3,26)27)18-8-12-19(13-9-18)28-5-2/h4,6-13,15H,1,5,14,16H2,2-3H3,(H,23,25)/b22-15-. The highest BCUT2D eigenvalue weighted by molar-refractivity contribution is 7.92. The largest absolute Gasteiger partial charge is 0.494 e. The third-order valence-corrected chi connectivity index (χ3v) is 4.91. The minimum atomic E-state index is -3.67. The number of ether oxygens (including phenoxy) is 2. The number of hydrogen-bond acceptors (Lipinski definition) is 6. The van der Waals surface area contributed by atoms with Crippen molar-refractivity contribution in [2.45, 2.75) is 6.92 Å². The van der Waals surface area contributed by atoms with E-state index in [1.807, 2.05) is 6.92 Å². The lowest BCUT2D eigenvalue weighted by atomic mass is 10.2. The van der Waals surface area contributed by atoms with E-state index in [1.165, 1.54) is 6.21 Å². The van der Waals surface area contributed by atoms with E-state index in [4.69, 9.17) is 9.47 Å². The molecule has 1 amide bonds. The third kappa shape index (κ3) is 7.25. The van der Waals surface area contributed by atoms with Crippen LogP contribution in [-0.4, -0.2) is 46.6 Å². The first-order valence-corrected chi connectivity index (χ1v) is 11.0. The fourth-order valence-electron chi connectivity index (χ4n) is 2.43. The van der Waals surface area contributed by atoms with E-state index in [9.17, 15) is 13.2 Å². The Morgan fingerprint density at radius 1 is 1.10 bits per heavy atom. The zero-order chi connectivity index (χ0) is 22.0. The maximum absolute atomic E-state index is 12.2. The molecule has 0 atom stereocenters. The van der Waals surface area contributed by atoms with Crippen molar-refractivity contribution < 1.29 is 22.7 Å². The lowest BCUT2D eigenvalue weighted by Crippen LogP contribution is -2.39. The Morgan fingerprint density at radius 2 is 1.70 bits per heavy atom. The van der Waals surface area contributed by atoms with Gasteiger partial charge in [0.25, 0.3) is 5.91 Å². The molecule has 0 unspecified atom stereocenters. The second kappa shape index (κ2) is 11.0. The number of nitrogens with one attached hydrogen (secondary N) is 1. The van der Waals surface area contributed by atoms with Crippen molar-refractivity contribution in [3.05, 3.63) is 66.7 Å². The zero-order valence-corrected chi connectivity index (χ0v) is 17.8. The topological polar surface area (TPSA) is 97.3 Å². The molecule has 1 N–H and O–H groups in total. The molecule has 2 rings (SSSR count). The number of carbonyl (C=O) groups is 1.